The first-order chi connectivity index (χ1) is 14.1. The van der Waals surface area contributed by atoms with E-state index >= 15 is 0 Å². The molecule has 2 aromatic heterocycles. The van der Waals surface area contributed by atoms with Crippen LogP contribution in [0.5, 0.6) is 0 Å². The molecule has 5 rings (SSSR count). The average molecular weight is 431 g/mol. The fourth-order valence-corrected chi connectivity index (χ4v) is 4.60. The van der Waals surface area contributed by atoms with E-state index in [9.17, 15) is 9.59 Å². The standard InChI is InChI=1S/C20H19ClN4O3S/c21-14-1-2-17-13(7-14)8-18(28-17)20(27)24-5-3-23(4-6-24)15-9-25(10-15)19(26)16-11-29-12-22-16/h1-2,7-8,11-12,15H,3-6,9-10H2. The van der Waals surface area contributed by atoms with Crippen molar-refractivity contribution in [3.8, 4) is 0 Å². The number of aromatic nitrogens is 1. The zero-order valence-corrected chi connectivity index (χ0v) is 17.2. The van der Waals surface area contributed by atoms with Gasteiger partial charge in [-0.25, -0.2) is 4.98 Å². The van der Waals surface area contributed by atoms with Gasteiger partial charge in [-0.15, -0.1) is 11.3 Å². The monoisotopic (exact) mass is 430 g/mol. The van der Waals surface area contributed by atoms with E-state index in [-0.39, 0.29) is 11.8 Å². The molecular weight excluding hydrogens is 412 g/mol. The lowest BCUT2D eigenvalue weighted by Gasteiger charge is -2.47. The number of hydrogen-bond acceptors (Lipinski definition) is 6. The van der Waals surface area contributed by atoms with Gasteiger partial charge in [0, 0.05) is 61.1 Å². The number of nitrogens with zero attached hydrogens (tertiary/aromatic N) is 4. The molecule has 0 N–H and O–H groups in total. The highest BCUT2D eigenvalue weighted by Gasteiger charge is 2.37. The SMILES string of the molecule is O=C(c1cscn1)N1CC(N2CCN(C(=O)c3cc4cc(Cl)ccc4o3)CC2)C1. The van der Waals surface area contributed by atoms with Crippen LogP contribution in [0.3, 0.4) is 0 Å². The summed E-state index contributed by atoms with van der Waals surface area (Å²) < 4.78 is 5.71. The van der Waals surface area contributed by atoms with E-state index in [1.807, 2.05) is 9.80 Å². The quantitative estimate of drug-likeness (QED) is 0.639. The summed E-state index contributed by atoms with van der Waals surface area (Å²) in [5, 5.41) is 3.24. The molecule has 0 bridgehead atoms. The van der Waals surface area contributed by atoms with Crippen molar-refractivity contribution in [1.82, 2.24) is 19.7 Å². The van der Waals surface area contributed by atoms with Crippen molar-refractivity contribution in [2.24, 2.45) is 0 Å². The first-order valence-electron chi connectivity index (χ1n) is 9.48. The normalized spacial score (nSPS) is 18.2. The van der Waals surface area contributed by atoms with Crippen molar-refractivity contribution in [2.45, 2.75) is 6.04 Å². The molecule has 3 aromatic rings. The molecule has 1 aromatic carbocycles. The van der Waals surface area contributed by atoms with Gasteiger partial charge in [0.2, 0.25) is 0 Å². The second-order valence-electron chi connectivity index (χ2n) is 7.36. The fraction of sp³-hybridized carbons (Fsp3) is 0.350. The number of benzene rings is 1. The molecule has 2 saturated heterocycles. The van der Waals surface area contributed by atoms with Gasteiger partial charge < -0.3 is 14.2 Å². The summed E-state index contributed by atoms with van der Waals surface area (Å²) in [6.07, 6.45) is 0. The van der Waals surface area contributed by atoms with E-state index in [1.165, 1.54) is 11.3 Å². The van der Waals surface area contributed by atoms with E-state index in [1.54, 1.807) is 35.2 Å². The van der Waals surface area contributed by atoms with Gasteiger partial charge in [-0.05, 0) is 24.3 Å². The Morgan fingerprint density at radius 2 is 1.86 bits per heavy atom. The predicted molar refractivity (Wildman–Crippen MR) is 111 cm³/mol. The largest absolute Gasteiger partial charge is 0.451 e. The van der Waals surface area contributed by atoms with Crippen LogP contribution in [0.1, 0.15) is 21.0 Å². The molecule has 0 aliphatic carbocycles. The number of piperazine rings is 1. The lowest BCUT2D eigenvalue weighted by Crippen LogP contribution is -2.64. The number of carbonyl (C=O) groups is 2. The highest BCUT2D eigenvalue weighted by molar-refractivity contribution is 7.07. The molecule has 2 aliphatic rings. The second-order valence-corrected chi connectivity index (χ2v) is 8.51. The second kappa shape index (κ2) is 7.44. The van der Waals surface area contributed by atoms with Crippen LogP contribution in [0.25, 0.3) is 11.0 Å². The van der Waals surface area contributed by atoms with E-state index in [0.29, 0.717) is 54.3 Å². The van der Waals surface area contributed by atoms with Gasteiger partial charge in [0.1, 0.15) is 11.3 Å². The van der Waals surface area contributed by atoms with E-state index in [2.05, 4.69) is 9.88 Å². The molecule has 2 fully saturated rings. The summed E-state index contributed by atoms with van der Waals surface area (Å²) in [5.74, 6) is 0.256. The summed E-state index contributed by atoms with van der Waals surface area (Å²) in [4.78, 5) is 35.2. The van der Waals surface area contributed by atoms with E-state index < -0.39 is 0 Å². The maximum absolute atomic E-state index is 12.8. The Morgan fingerprint density at radius 3 is 2.59 bits per heavy atom. The maximum Gasteiger partial charge on any atom is 0.289 e. The topological polar surface area (TPSA) is 69.9 Å². The Kier molecular flexibility index (Phi) is 4.77. The third kappa shape index (κ3) is 3.52. The molecular formula is C20H19ClN4O3S. The number of thiazole rings is 1. The Labute approximate surface area is 176 Å². The summed E-state index contributed by atoms with van der Waals surface area (Å²) in [5.41, 5.74) is 2.86. The van der Waals surface area contributed by atoms with Gasteiger partial charge in [0.05, 0.1) is 5.51 Å². The minimum atomic E-state index is -0.0917. The van der Waals surface area contributed by atoms with Gasteiger partial charge in [-0.2, -0.15) is 0 Å². The Balaban J connectivity index is 1.15. The first kappa shape index (κ1) is 18.6. The minimum Gasteiger partial charge on any atom is -0.451 e. The number of halogens is 1. The van der Waals surface area contributed by atoms with Crippen LogP contribution in [-0.2, 0) is 0 Å². The Bertz CT molecular complexity index is 1050. The van der Waals surface area contributed by atoms with E-state index in [4.69, 9.17) is 16.0 Å². The molecule has 7 nitrogen and oxygen atoms in total. The number of amides is 2. The molecule has 2 aliphatic heterocycles. The lowest BCUT2D eigenvalue weighted by atomic mass is 10.1. The van der Waals surface area contributed by atoms with Gasteiger partial charge in [-0.1, -0.05) is 11.6 Å². The minimum absolute atomic E-state index is 0.00121. The van der Waals surface area contributed by atoms with Crippen LogP contribution in [0.4, 0.5) is 0 Å². The Hall–Kier alpha value is -2.42. The molecule has 29 heavy (non-hydrogen) atoms. The van der Waals surface area contributed by atoms with E-state index in [0.717, 1.165) is 18.5 Å². The molecule has 0 spiro atoms. The third-order valence-corrected chi connectivity index (χ3v) is 6.43. The van der Waals surface area contributed by atoms with Gasteiger partial charge in [0.25, 0.3) is 11.8 Å². The van der Waals surface area contributed by atoms with Crippen LogP contribution in [0, 0.1) is 0 Å². The van der Waals surface area contributed by atoms with Gasteiger partial charge in [-0.3, -0.25) is 14.5 Å². The van der Waals surface area contributed by atoms with Crippen LogP contribution < -0.4 is 0 Å². The molecule has 4 heterocycles. The number of rotatable bonds is 3. The first-order valence-corrected chi connectivity index (χ1v) is 10.8. The van der Waals surface area contributed by atoms with Crippen LogP contribution in [-0.4, -0.2) is 76.8 Å². The number of hydrogen-bond donors (Lipinski definition) is 0. The molecule has 0 radical (unpaired) electrons. The summed E-state index contributed by atoms with van der Waals surface area (Å²) in [6.45, 7) is 4.31. The number of furan rings is 1. The smallest absolute Gasteiger partial charge is 0.289 e. The van der Waals surface area contributed by atoms with Crippen molar-refractivity contribution >= 4 is 45.7 Å². The van der Waals surface area contributed by atoms with Crippen molar-refractivity contribution in [3.05, 3.63) is 51.6 Å². The zero-order chi connectivity index (χ0) is 20.0. The van der Waals surface area contributed by atoms with Crippen LogP contribution >= 0.6 is 22.9 Å². The van der Waals surface area contributed by atoms with Crippen LogP contribution in [0.15, 0.2) is 39.6 Å². The summed E-state index contributed by atoms with van der Waals surface area (Å²) >= 11 is 7.44. The lowest BCUT2D eigenvalue weighted by molar-refractivity contribution is 0.00773. The van der Waals surface area contributed by atoms with Gasteiger partial charge >= 0.3 is 0 Å². The maximum atomic E-state index is 12.8. The van der Waals surface area contributed by atoms with Gasteiger partial charge in [0.15, 0.2) is 5.76 Å². The zero-order valence-electron chi connectivity index (χ0n) is 15.6. The molecule has 2 amide bonds. The average Bonchev–Trinajstić information content (AvgIpc) is 3.36. The fourth-order valence-electron chi connectivity index (χ4n) is 3.90. The molecule has 0 atom stereocenters. The van der Waals surface area contributed by atoms with Crippen molar-refractivity contribution in [3.63, 3.8) is 0 Å². The molecule has 0 saturated carbocycles. The number of fused-ring (bicyclic) bond motifs is 1. The molecule has 150 valence electrons. The predicted octanol–water partition coefficient (Wildman–Crippen LogP) is 2.83. The molecule has 0 unspecified atom stereocenters. The van der Waals surface area contributed by atoms with Crippen molar-refractivity contribution in [2.75, 3.05) is 39.3 Å². The summed E-state index contributed by atoms with van der Waals surface area (Å²) in [7, 11) is 0. The third-order valence-electron chi connectivity index (χ3n) is 5.61. The number of likely N-dealkylation sites (tertiary alicyclic amines) is 1. The highest BCUT2D eigenvalue weighted by atomic mass is 35.5. The highest BCUT2D eigenvalue weighted by Crippen LogP contribution is 2.25. The van der Waals surface area contributed by atoms with Crippen LogP contribution in [0.2, 0.25) is 5.02 Å². The molecule has 9 heteroatoms. The number of carbonyl (C=O) groups excluding carboxylic acids is 2. The summed E-state index contributed by atoms with van der Waals surface area (Å²) in [6, 6.07) is 7.43. The van der Waals surface area contributed by atoms with Crippen molar-refractivity contribution in [1.29, 1.82) is 0 Å². The Morgan fingerprint density at radius 1 is 1.07 bits per heavy atom. The van der Waals surface area contributed by atoms with Crippen molar-refractivity contribution < 1.29 is 14.0 Å².